The second-order valence-electron chi connectivity index (χ2n) is 6.57. The van der Waals surface area contributed by atoms with Crippen LogP contribution in [0.2, 0.25) is 0 Å². The minimum atomic E-state index is -0.243. The summed E-state index contributed by atoms with van der Waals surface area (Å²) in [6.45, 7) is 7.49. The Morgan fingerprint density at radius 2 is 2.16 bits per heavy atom. The Kier molecular flexibility index (Phi) is 4.68. The number of hydrogen-bond donors (Lipinski definition) is 3. The highest BCUT2D eigenvalue weighted by Crippen LogP contribution is 2.27. The van der Waals surface area contributed by atoms with Gasteiger partial charge in [-0.25, -0.2) is 0 Å². The highest BCUT2D eigenvalue weighted by molar-refractivity contribution is 5.85. The lowest BCUT2D eigenvalue weighted by atomic mass is 9.88. The lowest BCUT2D eigenvalue weighted by Crippen LogP contribution is -2.46. The lowest BCUT2D eigenvalue weighted by molar-refractivity contribution is 0.179. The van der Waals surface area contributed by atoms with Crippen LogP contribution in [0.5, 0.6) is 0 Å². The van der Waals surface area contributed by atoms with Gasteiger partial charge in [0.1, 0.15) is 5.84 Å². The van der Waals surface area contributed by atoms with Crippen LogP contribution in [-0.2, 0) is 0 Å². The van der Waals surface area contributed by atoms with E-state index in [2.05, 4.69) is 15.4 Å². The summed E-state index contributed by atoms with van der Waals surface area (Å²) in [4.78, 5) is 2.63. The molecular weight excluding hydrogens is 240 g/mol. The second kappa shape index (κ2) is 6.09. The van der Waals surface area contributed by atoms with Crippen LogP contribution in [0.25, 0.3) is 0 Å². The van der Waals surface area contributed by atoms with E-state index in [1.165, 1.54) is 38.8 Å². The lowest BCUT2D eigenvalue weighted by Gasteiger charge is -2.33. The molecule has 2 fully saturated rings. The van der Waals surface area contributed by atoms with E-state index in [1.807, 2.05) is 13.8 Å². The van der Waals surface area contributed by atoms with E-state index >= 15 is 0 Å². The van der Waals surface area contributed by atoms with E-state index in [1.54, 1.807) is 0 Å². The molecule has 0 spiro atoms. The van der Waals surface area contributed by atoms with Gasteiger partial charge < -0.3 is 16.3 Å². The Morgan fingerprint density at radius 3 is 2.89 bits per heavy atom. The molecule has 4 N–H and O–H groups in total. The third-order valence-electron chi connectivity index (χ3n) is 4.81. The van der Waals surface area contributed by atoms with Crippen LogP contribution in [0.1, 0.15) is 46.0 Å². The summed E-state index contributed by atoms with van der Waals surface area (Å²) in [5.41, 5.74) is 5.47. The van der Waals surface area contributed by atoms with Crippen molar-refractivity contribution in [3.63, 3.8) is 0 Å². The quantitative estimate of drug-likeness (QED) is 0.305. The molecule has 2 rings (SSSR count). The zero-order valence-corrected chi connectivity index (χ0v) is 12.2. The number of piperidine rings is 1. The first kappa shape index (κ1) is 14.6. The number of rotatable bonds is 5. The monoisotopic (exact) mass is 268 g/mol. The predicted molar refractivity (Wildman–Crippen MR) is 77.4 cm³/mol. The fraction of sp³-hybridized carbons (Fsp3) is 0.929. The van der Waals surface area contributed by atoms with Crippen LogP contribution in [0.3, 0.4) is 0 Å². The summed E-state index contributed by atoms with van der Waals surface area (Å²) in [5, 5.41) is 15.6. The van der Waals surface area contributed by atoms with Crippen LogP contribution < -0.4 is 11.1 Å². The van der Waals surface area contributed by atoms with Crippen molar-refractivity contribution in [1.29, 1.82) is 0 Å². The Balaban J connectivity index is 1.77. The van der Waals surface area contributed by atoms with Gasteiger partial charge in [-0.05, 0) is 38.8 Å². The fourth-order valence-electron chi connectivity index (χ4n) is 3.32. The van der Waals surface area contributed by atoms with Crippen molar-refractivity contribution in [1.82, 2.24) is 10.2 Å². The molecular formula is C14H28N4O. The summed E-state index contributed by atoms with van der Waals surface area (Å²) in [6.07, 6.45) is 6.22. The minimum Gasteiger partial charge on any atom is -0.409 e. The number of amidine groups is 1. The van der Waals surface area contributed by atoms with Crippen molar-refractivity contribution in [3.8, 4) is 0 Å². The molecule has 0 aromatic carbocycles. The maximum absolute atomic E-state index is 8.77. The topological polar surface area (TPSA) is 73.9 Å². The highest BCUT2D eigenvalue weighted by Gasteiger charge is 2.35. The van der Waals surface area contributed by atoms with E-state index in [-0.39, 0.29) is 5.41 Å². The van der Waals surface area contributed by atoms with Gasteiger partial charge >= 0.3 is 0 Å². The average Bonchev–Trinajstić information content (AvgIpc) is 2.81. The van der Waals surface area contributed by atoms with Crippen LogP contribution in [0.15, 0.2) is 5.16 Å². The van der Waals surface area contributed by atoms with Crippen molar-refractivity contribution in [2.45, 2.75) is 58.0 Å². The Morgan fingerprint density at radius 1 is 1.37 bits per heavy atom. The van der Waals surface area contributed by atoms with E-state index in [0.29, 0.717) is 11.9 Å². The normalized spacial score (nSPS) is 29.5. The third-order valence-corrected chi connectivity index (χ3v) is 4.81. The van der Waals surface area contributed by atoms with Crippen molar-refractivity contribution in [3.05, 3.63) is 0 Å². The first-order chi connectivity index (χ1) is 9.04. The number of nitrogens with two attached hydrogens (primary N) is 1. The summed E-state index contributed by atoms with van der Waals surface area (Å²) in [7, 11) is 0. The van der Waals surface area contributed by atoms with E-state index in [9.17, 15) is 0 Å². The molecule has 0 bridgehead atoms. The molecule has 2 aliphatic heterocycles. The van der Waals surface area contributed by atoms with Gasteiger partial charge in [-0.15, -0.1) is 0 Å². The van der Waals surface area contributed by atoms with Gasteiger partial charge in [0.2, 0.25) is 0 Å². The summed E-state index contributed by atoms with van der Waals surface area (Å²) in [5.74, 6) is 0.319. The molecule has 19 heavy (non-hydrogen) atoms. The Labute approximate surface area is 116 Å². The zero-order valence-electron chi connectivity index (χ0n) is 12.2. The number of oxime groups is 1. The number of fused-ring (bicyclic) bond motifs is 1. The summed E-state index contributed by atoms with van der Waals surface area (Å²) in [6, 6.07) is 1.36. The van der Waals surface area contributed by atoms with Crippen LogP contribution in [0, 0.1) is 5.41 Å². The van der Waals surface area contributed by atoms with E-state index in [0.717, 1.165) is 19.0 Å². The van der Waals surface area contributed by atoms with Gasteiger partial charge in [-0.2, -0.15) is 0 Å². The Bertz CT molecular complexity index is 329. The van der Waals surface area contributed by atoms with Gasteiger partial charge in [0, 0.05) is 24.0 Å². The van der Waals surface area contributed by atoms with Gasteiger partial charge in [-0.1, -0.05) is 25.4 Å². The largest absolute Gasteiger partial charge is 0.409 e. The standard InChI is InChI=1S/C14H28N4O/c1-14(2,13(15)17-19)7-8-16-11-6-10-18-9-4-3-5-12(11)18/h11-12,16,19H,3-10H2,1-2H3,(H2,15,17). The number of hydrogen-bond acceptors (Lipinski definition) is 4. The molecule has 0 aromatic rings. The zero-order chi connectivity index (χ0) is 13.9. The maximum atomic E-state index is 8.77. The smallest absolute Gasteiger partial charge is 0.144 e. The average molecular weight is 268 g/mol. The van der Waals surface area contributed by atoms with E-state index < -0.39 is 0 Å². The molecule has 5 nitrogen and oxygen atoms in total. The second-order valence-corrected chi connectivity index (χ2v) is 6.57. The molecule has 5 heteroatoms. The van der Waals surface area contributed by atoms with Crippen LogP contribution in [0.4, 0.5) is 0 Å². The van der Waals surface area contributed by atoms with Gasteiger partial charge in [0.25, 0.3) is 0 Å². The number of nitrogens with one attached hydrogen (secondary N) is 1. The summed E-state index contributed by atoms with van der Waals surface area (Å²) >= 11 is 0. The van der Waals surface area contributed by atoms with Crippen molar-refractivity contribution >= 4 is 5.84 Å². The molecule has 0 saturated carbocycles. The molecule has 0 aromatic heterocycles. The Hall–Kier alpha value is -0.810. The third kappa shape index (κ3) is 3.39. The van der Waals surface area contributed by atoms with Gasteiger partial charge in [0.05, 0.1) is 0 Å². The van der Waals surface area contributed by atoms with Gasteiger partial charge in [-0.3, -0.25) is 4.90 Å². The highest BCUT2D eigenvalue weighted by atomic mass is 16.4. The first-order valence-corrected chi connectivity index (χ1v) is 7.50. The molecule has 2 unspecified atom stereocenters. The molecule has 0 aliphatic carbocycles. The predicted octanol–water partition coefficient (Wildman–Crippen LogP) is 1.37. The van der Waals surface area contributed by atoms with Crippen molar-refractivity contribution in [2.24, 2.45) is 16.3 Å². The van der Waals surface area contributed by atoms with Crippen LogP contribution >= 0.6 is 0 Å². The molecule has 0 radical (unpaired) electrons. The van der Waals surface area contributed by atoms with Crippen LogP contribution in [-0.4, -0.2) is 47.7 Å². The maximum Gasteiger partial charge on any atom is 0.144 e. The molecule has 2 aliphatic rings. The fourth-order valence-corrected chi connectivity index (χ4v) is 3.32. The SMILES string of the molecule is CC(C)(CCNC1CCN2CCCCC12)C(N)=NO. The van der Waals surface area contributed by atoms with E-state index in [4.69, 9.17) is 10.9 Å². The summed E-state index contributed by atoms with van der Waals surface area (Å²) < 4.78 is 0. The van der Waals surface area contributed by atoms with Crippen molar-refractivity contribution < 1.29 is 5.21 Å². The first-order valence-electron chi connectivity index (χ1n) is 7.50. The molecule has 0 amide bonds. The minimum absolute atomic E-state index is 0.243. The molecule has 110 valence electrons. The van der Waals surface area contributed by atoms with Gasteiger partial charge in [0.15, 0.2) is 0 Å². The molecule has 2 atom stereocenters. The molecule has 2 saturated heterocycles. The van der Waals surface area contributed by atoms with Crippen molar-refractivity contribution in [2.75, 3.05) is 19.6 Å². The number of nitrogens with zero attached hydrogens (tertiary/aromatic N) is 2. The molecule has 2 heterocycles.